The number of fused-ring (bicyclic) bond motifs is 1. The highest BCUT2D eigenvalue weighted by atomic mass is 14.7. The fourth-order valence-corrected chi connectivity index (χ4v) is 1.30. The van der Waals surface area contributed by atoms with Gasteiger partial charge in [0.1, 0.15) is 0 Å². The van der Waals surface area contributed by atoms with Gasteiger partial charge in [0.15, 0.2) is 0 Å². The molecule has 0 spiro atoms. The van der Waals surface area contributed by atoms with E-state index in [1.807, 2.05) is 24.5 Å². The van der Waals surface area contributed by atoms with Crippen LogP contribution in [0.25, 0.3) is 10.9 Å². The molecule has 2 nitrogen and oxygen atoms in total. The monoisotopic (exact) mass is 172 g/mol. The zero-order valence-electron chi connectivity index (χ0n) is 7.86. The lowest BCUT2D eigenvalue weighted by Crippen LogP contribution is -1.92. The lowest BCUT2D eigenvalue weighted by atomic mass is 10.1. The first-order valence-electron chi connectivity index (χ1n) is 4.48. The van der Waals surface area contributed by atoms with Gasteiger partial charge in [0.05, 0.1) is 5.52 Å². The molecule has 2 aromatic heterocycles. The summed E-state index contributed by atoms with van der Waals surface area (Å²) in [6.07, 6.45) is 3.70. The zero-order valence-corrected chi connectivity index (χ0v) is 7.86. The molecule has 0 saturated carbocycles. The molecular weight excluding hydrogens is 160 g/mol. The fourth-order valence-electron chi connectivity index (χ4n) is 1.30. The van der Waals surface area contributed by atoms with Crippen LogP contribution >= 0.6 is 0 Å². The first-order chi connectivity index (χ1) is 6.27. The van der Waals surface area contributed by atoms with Gasteiger partial charge in [-0.25, -0.2) is 0 Å². The predicted octanol–water partition coefficient (Wildman–Crippen LogP) is 2.75. The van der Waals surface area contributed by atoms with Crippen molar-refractivity contribution in [3.63, 3.8) is 0 Å². The Morgan fingerprint density at radius 2 is 2.08 bits per heavy atom. The number of hydrogen-bond acceptors (Lipinski definition) is 2. The summed E-state index contributed by atoms with van der Waals surface area (Å²) in [5.41, 5.74) is 2.13. The summed E-state index contributed by atoms with van der Waals surface area (Å²) in [5, 5.41) is 1.10. The van der Waals surface area contributed by atoms with E-state index in [0.29, 0.717) is 5.92 Å². The van der Waals surface area contributed by atoms with Crippen LogP contribution in [-0.2, 0) is 0 Å². The summed E-state index contributed by atoms with van der Waals surface area (Å²) >= 11 is 0. The van der Waals surface area contributed by atoms with Crippen LogP contribution in [0.3, 0.4) is 0 Å². The van der Waals surface area contributed by atoms with Crippen LogP contribution in [0.4, 0.5) is 0 Å². The molecule has 2 heterocycles. The van der Waals surface area contributed by atoms with Crippen LogP contribution in [0.1, 0.15) is 25.5 Å². The van der Waals surface area contributed by atoms with Gasteiger partial charge in [0, 0.05) is 23.5 Å². The summed E-state index contributed by atoms with van der Waals surface area (Å²) in [4.78, 5) is 8.65. The maximum atomic E-state index is 4.37. The van der Waals surface area contributed by atoms with E-state index in [1.54, 1.807) is 0 Å². The SMILES string of the molecule is CC(C)c1cc2ncccc2cn1. The Morgan fingerprint density at radius 3 is 2.85 bits per heavy atom. The average Bonchev–Trinajstić information content (AvgIpc) is 2.17. The molecule has 0 aliphatic carbocycles. The number of hydrogen-bond donors (Lipinski definition) is 0. The van der Waals surface area contributed by atoms with Gasteiger partial charge in [-0.1, -0.05) is 13.8 Å². The predicted molar refractivity (Wildman–Crippen MR) is 53.6 cm³/mol. The highest BCUT2D eigenvalue weighted by molar-refractivity contribution is 5.77. The summed E-state index contributed by atoms with van der Waals surface area (Å²) in [6.45, 7) is 4.27. The van der Waals surface area contributed by atoms with Crippen molar-refractivity contribution in [1.82, 2.24) is 9.97 Å². The Morgan fingerprint density at radius 1 is 1.23 bits per heavy atom. The first kappa shape index (κ1) is 8.17. The Hall–Kier alpha value is -1.44. The Labute approximate surface area is 77.6 Å². The molecule has 0 aliphatic heterocycles. The van der Waals surface area contributed by atoms with E-state index in [9.17, 15) is 0 Å². The molecule has 0 aromatic carbocycles. The highest BCUT2D eigenvalue weighted by Crippen LogP contribution is 2.16. The molecule has 2 heteroatoms. The lowest BCUT2D eigenvalue weighted by Gasteiger charge is -2.04. The molecular formula is C11H12N2. The molecule has 0 saturated heterocycles. The third-order valence-electron chi connectivity index (χ3n) is 2.10. The first-order valence-corrected chi connectivity index (χ1v) is 4.48. The zero-order chi connectivity index (χ0) is 9.26. The smallest absolute Gasteiger partial charge is 0.0735 e. The Bertz CT molecular complexity index is 421. The standard InChI is InChI=1S/C11H12N2/c1-8(2)10-6-11-9(7-13-10)4-3-5-12-11/h3-8H,1-2H3. The normalized spacial score (nSPS) is 11.0. The van der Waals surface area contributed by atoms with E-state index in [4.69, 9.17) is 0 Å². The van der Waals surface area contributed by atoms with Crippen molar-refractivity contribution in [2.45, 2.75) is 19.8 Å². The van der Waals surface area contributed by atoms with Gasteiger partial charge in [0.25, 0.3) is 0 Å². The molecule has 0 N–H and O–H groups in total. The fraction of sp³-hybridized carbons (Fsp3) is 0.273. The van der Waals surface area contributed by atoms with E-state index < -0.39 is 0 Å². The van der Waals surface area contributed by atoms with Gasteiger partial charge in [-0.15, -0.1) is 0 Å². The maximum absolute atomic E-state index is 4.37. The number of nitrogens with zero attached hydrogens (tertiary/aromatic N) is 2. The molecule has 0 unspecified atom stereocenters. The van der Waals surface area contributed by atoms with Crippen LogP contribution in [0, 0.1) is 0 Å². The van der Waals surface area contributed by atoms with Crippen LogP contribution in [0.5, 0.6) is 0 Å². The van der Waals surface area contributed by atoms with E-state index >= 15 is 0 Å². The highest BCUT2D eigenvalue weighted by Gasteiger charge is 2.01. The molecule has 2 rings (SSSR count). The van der Waals surface area contributed by atoms with Gasteiger partial charge in [0.2, 0.25) is 0 Å². The van der Waals surface area contributed by atoms with Crippen molar-refractivity contribution < 1.29 is 0 Å². The minimum atomic E-state index is 0.464. The van der Waals surface area contributed by atoms with Crippen molar-refractivity contribution >= 4 is 10.9 Å². The van der Waals surface area contributed by atoms with Crippen molar-refractivity contribution in [3.8, 4) is 0 Å². The molecule has 0 amide bonds. The van der Waals surface area contributed by atoms with Crippen molar-refractivity contribution in [3.05, 3.63) is 36.3 Å². The minimum Gasteiger partial charge on any atom is -0.260 e. The lowest BCUT2D eigenvalue weighted by molar-refractivity contribution is 0.825. The van der Waals surface area contributed by atoms with Crippen LogP contribution in [-0.4, -0.2) is 9.97 Å². The number of aromatic nitrogens is 2. The van der Waals surface area contributed by atoms with Gasteiger partial charge in [-0.3, -0.25) is 9.97 Å². The second-order valence-corrected chi connectivity index (χ2v) is 3.46. The second kappa shape index (κ2) is 3.13. The number of pyridine rings is 2. The molecule has 0 radical (unpaired) electrons. The molecule has 0 atom stereocenters. The van der Waals surface area contributed by atoms with Gasteiger partial charge >= 0.3 is 0 Å². The summed E-state index contributed by atoms with van der Waals surface area (Å²) in [6, 6.07) is 6.01. The third-order valence-corrected chi connectivity index (χ3v) is 2.10. The minimum absolute atomic E-state index is 0.464. The molecule has 2 aromatic rings. The number of rotatable bonds is 1. The third kappa shape index (κ3) is 1.52. The van der Waals surface area contributed by atoms with Crippen LogP contribution < -0.4 is 0 Å². The van der Waals surface area contributed by atoms with E-state index in [1.165, 1.54) is 0 Å². The van der Waals surface area contributed by atoms with Crippen LogP contribution in [0.15, 0.2) is 30.6 Å². The van der Waals surface area contributed by atoms with Crippen molar-refractivity contribution in [1.29, 1.82) is 0 Å². The molecule has 0 aliphatic rings. The Kier molecular flexibility index (Phi) is 1.97. The molecule has 66 valence electrons. The summed E-state index contributed by atoms with van der Waals surface area (Å²) in [7, 11) is 0. The van der Waals surface area contributed by atoms with Crippen molar-refractivity contribution in [2.24, 2.45) is 0 Å². The molecule has 0 bridgehead atoms. The quantitative estimate of drug-likeness (QED) is 0.661. The van der Waals surface area contributed by atoms with E-state index in [-0.39, 0.29) is 0 Å². The van der Waals surface area contributed by atoms with Gasteiger partial charge in [-0.05, 0) is 24.1 Å². The largest absolute Gasteiger partial charge is 0.260 e. The summed E-state index contributed by atoms with van der Waals surface area (Å²) < 4.78 is 0. The molecule has 0 fully saturated rings. The Balaban J connectivity index is 2.62. The summed E-state index contributed by atoms with van der Waals surface area (Å²) in [5.74, 6) is 0.464. The van der Waals surface area contributed by atoms with Gasteiger partial charge in [-0.2, -0.15) is 0 Å². The molecule has 13 heavy (non-hydrogen) atoms. The van der Waals surface area contributed by atoms with Gasteiger partial charge < -0.3 is 0 Å². The van der Waals surface area contributed by atoms with E-state index in [2.05, 4.69) is 29.9 Å². The maximum Gasteiger partial charge on any atom is 0.0735 e. The second-order valence-electron chi connectivity index (χ2n) is 3.46. The van der Waals surface area contributed by atoms with Crippen molar-refractivity contribution in [2.75, 3.05) is 0 Å². The average molecular weight is 172 g/mol. The van der Waals surface area contributed by atoms with E-state index in [0.717, 1.165) is 16.6 Å². The van der Waals surface area contributed by atoms with Crippen LogP contribution in [0.2, 0.25) is 0 Å². The topological polar surface area (TPSA) is 25.8 Å².